The maximum absolute atomic E-state index is 13.9. The fourth-order valence-electron chi connectivity index (χ4n) is 1.93. The third kappa shape index (κ3) is 3.14. The first-order valence-corrected chi connectivity index (χ1v) is 6.70. The van der Waals surface area contributed by atoms with E-state index >= 15 is 0 Å². The van der Waals surface area contributed by atoms with Gasteiger partial charge in [-0.05, 0) is 31.0 Å². The molecule has 0 spiro atoms. The van der Waals surface area contributed by atoms with E-state index < -0.39 is 0 Å². The van der Waals surface area contributed by atoms with Gasteiger partial charge in [0.15, 0.2) is 0 Å². The lowest BCUT2D eigenvalue weighted by molar-refractivity contribution is 0.150. The Morgan fingerprint density at radius 1 is 1.32 bits per heavy atom. The number of anilines is 1. The van der Waals surface area contributed by atoms with Crippen molar-refractivity contribution in [3.8, 4) is 0 Å². The van der Waals surface area contributed by atoms with Gasteiger partial charge in [0.05, 0.1) is 18.0 Å². The first kappa shape index (κ1) is 14.0. The highest BCUT2D eigenvalue weighted by Gasteiger charge is 2.08. The van der Waals surface area contributed by atoms with Gasteiger partial charge >= 0.3 is 0 Å². The summed E-state index contributed by atoms with van der Waals surface area (Å²) < 4.78 is 19.1. The minimum atomic E-state index is -0.280. The Morgan fingerprint density at radius 3 is 2.74 bits per heavy atom. The van der Waals surface area contributed by atoms with Gasteiger partial charge in [0.1, 0.15) is 11.6 Å². The van der Waals surface area contributed by atoms with Crippen molar-refractivity contribution in [3.05, 3.63) is 35.1 Å². The topological polar surface area (TPSA) is 48.1 Å². The Hall–Kier alpha value is -1.39. The lowest BCUT2D eigenvalue weighted by Gasteiger charge is -2.08. The molecule has 0 radical (unpaired) electrons. The number of nitrogen functional groups attached to an aromatic ring is 1. The standard InChI is InChI=1S/C14H16ClFN2O/c1-2-19-4-3-9-5-10-6-11(8-15)14(17)18-13(10)7-12(9)16/h5-7H,2-4,8H2,1H3,(H2,17,18). The number of nitrogens with zero attached hydrogens (tertiary/aromatic N) is 1. The first-order chi connectivity index (χ1) is 9.15. The van der Waals surface area contributed by atoms with Crippen LogP contribution in [0.15, 0.2) is 18.2 Å². The Balaban J connectivity index is 2.39. The van der Waals surface area contributed by atoms with E-state index in [1.165, 1.54) is 6.07 Å². The lowest BCUT2D eigenvalue weighted by Crippen LogP contribution is -2.02. The zero-order valence-electron chi connectivity index (χ0n) is 10.7. The zero-order chi connectivity index (χ0) is 13.8. The monoisotopic (exact) mass is 282 g/mol. The number of benzene rings is 1. The minimum Gasteiger partial charge on any atom is -0.383 e. The van der Waals surface area contributed by atoms with Crippen LogP contribution in [-0.2, 0) is 17.0 Å². The molecule has 2 N–H and O–H groups in total. The fourth-order valence-corrected chi connectivity index (χ4v) is 2.14. The predicted molar refractivity (Wildman–Crippen MR) is 75.9 cm³/mol. The summed E-state index contributed by atoms with van der Waals surface area (Å²) in [6.07, 6.45) is 0.538. The Morgan fingerprint density at radius 2 is 2.05 bits per heavy atom. The van der Waals surface area contributed by atoms with Gasteiger partial charge in [-0.25, -0.2) is 9.37 Å². The number of hydrogen-bond acceptors (Lipinski definition) is 3. The molecule has 0 amide bonds. The quantitative estimate of drug-likeness (QED) is 0.676. The molecule has 0 aliphatic rings. The summed E-state index contributed by atoms with van der Waals surface area (Å²) in [5.74, 6) is 0.363. The van der Waals surface area contributed by atoms with Crippen LogP contribution in [0.3, 0.4) is 0 Å². The second kappa shape index (κ2) is 6.17. The second-order valence-corrected chi connectivity index (χ2v) is 4.52. The first-order valence-electron chi connectivity index (χ1n) is 6.17. The molecule has 102 valence electrons. The van der Waals surface area contributed by atoms with E-state index in [1.54, 1.807) is 6.07 Å². The van der Waals surface area contributed by atoms with Crippen LogP contribution >= 0.6 is 11.6 Å². The van der Waals surface area contributed by atoms with Crippen molar-refractivity contribution >= 4 is 28.3 Å². The third-order valence-corrected chi connectivity index (χ3v) is 3.25. The summed E-state index contributed by atoms with van der Waals surface area (Å²) in [6.45, 7) is 3.05. The van der Waals surface area contributed by atoms with Gasteiger partial charge in [-0.15, -0.1) is 11.6 Å². The van der Waals surface area contributed by atoms with E-state index in [1.807, 2.05) is 13.0 Å². The third-order valence-electron chi connectivity index (χ3n) is 2.96. The van der Waals surface area contributed by atoms with Crippen molar-refractivity contribution in [3.63, 3.8) is 0 Å². The second-order valence-electron chi connectivity index (χ2n) is 4.25. The smallest absolute Gasteiger partial charge is 0.128 e. The maximum atomic E-state index is 13.9. The number of halogens is 2. The molecule has 2 rings (SSSR count). The highest BCUT2D eigenvalue weighted by Crippen LogP contribution is 2.23. The van der Waals surface area contributed by atoms with Gasteiger partial charge in [0.2, 0.25) is 0 Å². The molecule has 2 aromatic rings. The number of hydrogen-bond donors (Lipinski definition) is 1. The van der Waals surface area contributed by atoms with Gasteiger partial charge in [0.25, 0.3) is 0 Å². The number of pyridine rings is 1. The van der Waals surface area contributed by atoms with Crippen molar-refractivity contribution < 1.29 is 9.13 Å². The molecule has 1 heterocycles. The van der Waals surface area contributed by atoms with E-state index in [-0.39, 0.29) is 5.82 Å². The van der Waals surface area contributed by atoms with Crippen molar-refractivity contribution in [1.82, 2.24) is 4.98 Å². The number of fused-ring (bicyclic) bond motifs is 1. The summed E-state index contributed by atoms with van der Waals surface area (Å²) >= 11 is 5.79. The van der Waals surface area contributed by atoms with Gasteiger partial charge in [0, 0.05) is 23.6 Å². The van der Waals surface area contributed by atoms with E-state index in [0.29, 0.717) is 42.4 Å². The Bertz CT molecular complexity index is 589. The van der Waals surface area contributed by atoms with Gasteiger partial charge in [-0.2, -0.15) is 0 Å². The molecular weight excluding hydrogens is 267 g/mol. The molecule has 0 fully saturated rings. The summed E-state index contributed by atoms with van der Waals surface area (Å²) in [5.41, 5.74) is 7.67. The van der Waals surface area contributed by atoms with Gasteiger partial charge in [-0.1, -0.05) is 0 Å². The molecule has 0 bridgehead atoms. The maximum Gasteiger partial charge on any atom is 0.128 e. The molecule has 3 nitrogen and oxygen atoms in total. The average molecular weight is 283 g/mol. The van der Waals surface area contributed by atoms with E-state index in [4.69, 9.17) is 22.1 Å². The van der Waals surface area contributed by atoms with E-state index in [9.17, 15) is 4.39 Å². The zero-order valence-corrected chi connectivity index (χ0v) is 11.5. The minimum absolute atomic E-state index is 0.280. The molecule has 1 aromatic carbocycles. The highest BCUT2D eigenvalue weighted by atomic mass is 35.5. The summed E-state index contributed by atoms with van der Waals surface area (Å²) in [4.78, 5) is 4.17. The molecule has 0 saturated carbocycles. The predicted octanol–water partition coefficient (Wildman–Crippen LogP) is 3.27. The van der Waals surface area contributed by atoms with Crippen LogP contribution in [0.4, 0.5) is 10.2 Å². The molecule has 0 saturated heterocycles. The lowest BCUT2D eigenvalue weighted by atomic mass is 10.1. The fraction of sp³-hybridized carbons (Fsp3) is 0.357. The largest absolute Gasteiger partial charge is 0.383 e. The van der Waals surface area contributed by atoms with Crippen molar-refractivity contribution in [1.29, 1.82) is 0 Å². The van der Waals surface area contributed by atoms with Crippen LogP contribution in [0.1, 0.15) is 18.1 Å². The summed E-state index contributed by atoms with van der Waals surface area (Å²) in [6, 6.07) is 5.05. The van der Waals surface area contributed by atoms with Crippen LogP contribution < -0.4 is 5.73 Å². The van der Waals surface area contributed by atoms with E-state index in [0.717, 1.165) is 10.9 Å². The number of alkyl halides is 1. The van der Waals surface area contributed by atoms with Crippen LogP contribution in [0.25, 0.3) is 10.9 Å². The van der Waals surface area contributed by atoms with E-state index in [2.05, 4.69) is 4.98 Å². The molecule has 0 atom stereocenters. The van der Waals surface area contributed by atoms with Crippen LogP contribution in [-0.4, -0.2) is 18.2 Å². The number of rotatable bonds is 5. The van der Waals surface area contributed by atoms with Gasteiger partial charge in [-0.3, -0.25) is 0 Å². The van der Waals surface area contributed by atoms with Crippen LogP contribution in [0, 0.1) is 5.82 Å². The van der Waals surface area contributed by atoms with Gasteiger partial charge < -0.3 is 10.5 Å². The summed E-state index contributed by atoms with van der Waals surface area (Å²) in [5, 5.41) is 0.845. The molecular formula is C14H16ClFN2O. The highest BCUT2D eigenvalue weighted by molar-refractivity contribution is 6.17. The number of ether oxygens (including phenoxy) is 1. The Labute approximate surface area is 116 Å². The molecule has 5 heteroatoms. The molecule has 0 unspecified atom stereocenters. The Kier molecular flexibility index (Phi) is 4.56. The van der Waals surface area contributed by atoms with Crippen molar-refractivity contribution in [2.45, 2.75) is 19.2 Å². The molecule has 1 aromatic heterocycles. The molecule has 0 aliphatic carbocycles. The SMILES string of the molecule is CCOCCc1cc2cc(CCl)c(N)nc2cc1F. The van der Waals surface area contributed by atoms with Crippen molar-refractivity contribution in [2.24, 2.45) is 0 Å². The number of aromatic nitrogens is 1. The average Bonchev–Trinajstić information content (AvgIpc) is 2.39. The molecule has 19 heavy (non-hydrogen) atoms. The van der Waals surface area contributed by atoms with Crippen molar-refractivity contribution in [2.75, 3.05) is 18.9 Å². The summed E-state index contributed by atoms with van der Waals surface area (Å²) in [7, 11) is 0. The van der Waals surface area contributed by atoms with Crippen LogP contribution in [0.5, 0.6) is 0 Å². The normalized spacial score (nSPS) is 11.1. The number of nitrogens with two attached hydrogens (primary N) is 1. The molecule has 0 aliphatic heterocycles. The van der Waals surface area contributed by atoms with Crippen LogP contribution in [0.2, 0.25) is 0 Å².